The molecule has 1 heterocycles. The van der Waals surface area contributed by atoms with Gasteiger partial charge in [-0.3, -0.25) is 0 Å². The largest absolute Gasteiger partial charge is 0.389 e. The number of rotatable bonds is 4. The summed E-state index contributed by atoms with van der Waals surface area (Å²) in [5, 5.41) is 13.6. The van der Waals surface area contributed by atoms with Crippen LogP contribution in [0, 0.1) is 6.92 Å². The van der Waals surface area contributed by atoms with Crippen molar-refractivity contribution in [2.75, 3.05) is 18.8 Å². The lowest BCUT2D eigenvalue weighted by atomic mass is 9.95. The van der Waals surface area contributed by atoms with E-state index in [1.54, 1.807) is 0 Å². The van der Waals surface area contributed by atoms with Crippen molar-refractivity contribution in [1.82, 2.24) is 5.32 Å². The highest BCUT2D eigenvalue weighted by Gasteiger charge is 2.28. The van der Waals surface area contributed by atoms with Crippen molar-refractivity contribution in [3.8, 4) is 0 Å². The molecule has 0 unspecified atom stereocenters. The summed E-state index contributed by atoms with van der Waals surface area (Å²) >= 11 is 1.85. The fourth-order valence-electron chi connectivity index (χ4n) is 2.16. The third-order valence-electron chi connectivity index (χ3n) is 3.42. The van der Waals surface area contributed by atoms with Gasteiger partial charge in [-0.2, -0.15) is 11.8 Å². The lowest BCUT2D eigenvalue weighted by molar-refractivity contribution is 0.0339. The monoisotopic (exact) mass is 251 g/mol. The number of benzene rings is 1. The highest BCUT2D eigenvalue weighted by atomic mass is 32.2. The van der Waals surface area contributed by atoms with E-state index in [1.165, 1.54) is 11.1 Å². The predicted octanol–water partition coefficient (Wildman–Crippen LogP) is 2.34. The normalized spacial score (nSPS) is 19.2. The summed E-state index contributed by atoms with van der Waals surface area (Å²) in [6.45, 7) is 4.04. The number of thioether (sulfide) groups is 1. The van der Waals surface area contributed by atoms with Crippen LogP contribution in [0.1, 0.15) is 24.0 Å². The maximum Gasteiger partial charge on any atom is 0.0762 e. The first-order chi connectivity index (χ1) is 8.20. The molecule has 2 N–H and O–H groups in total. The molecule has 0 radical (unpaired) electrons. The summed E-state index contributed by atoms with van der Waals surface area (Å²) in [6, 6.07) is 8.48. The first-order valence-corrected chi connectivity index (χ1v) is 7.40. The Morgan fingerprint density at radius 1 is 1.29 bits per heavy atom. The number of piperidine rings is 1. The minimum Gasteiger partial charge on any atom is -0.389 e. The van der Waals surface area contributed by atoms with E-state index in [1.807, 2.05) is 11.8 Å². The molecule has 1 fully saturated rings. The summed E-state index contributed by atoms with van der Waals surface area (Å²) in [4.78, 5) is 0. The molecule has 0 spiro atoms. The maximum atomic E-state index is 10.4. The predicted molar refractivity (Wildman–Crippen MR) is 74.4 cm³/mol. The molecule has 0 saturated carbocycles. The fourth-order valence-corrected chi connectivity index (χ4v) is 3.47. The van der Waals surface area contributed by atoms with Gasteiger partial charge in [0.15, 0.2) is 0 Å². The molecule has 0 aliphatic carbocycles. The highest BCUT2D eigenvalue weighted by molar-refractivity contribution is 7.98. The zero-order valence-corrected chi connectivity index (χ0v) is 11.2. The lowest BCUT2D eigenvalue weighted by Crippen LogP contribution is -2.43. The van der Waals surface area contributed by atoms with E-state index >= 15 is 0 Å². The Hall–Kier alpha value is -0.510. The summed E-state index contributed by atoms with van der Waals surface area (Å²) < 4.78 is 0. The zero-order chi connectivity index (χ0) is 12.1. The van der Waals surface area contributed by atoms with Gasteiger partial charge in [-0.15, -0.1) is 0 Å². The number of aliphatic hydroxyl groups is 1. The summed E-state index contributed by atoms with van der Waals surface area (Å²) in [6.07, 6.45) is 1.77. The Morgan fingerprint density at radius 2 is 2.00 bits per heavy atom. The van der Waals surface area contributed by atoms with Gasteiger partial charge in [0.1, 0.15) is 0 Å². The molecule has 2 rings (SSSR count). The van der Waals surface area contributed by atoms with E-state index in [4.69, 9.17) is 0 Å². The molecule has 1 aromatic rings. The van der Waals surface area contributed by atoms with Crippen molar-refractivity contribution < 1.29 is 5.11 Å². The lowest BCUT2D eigenvalue weighted by Gasteiger charge is -2.32. The van der Waals surface area contributed by atoms with Crippen molar-refractivity contribution in [3.63, 3.8) is 0 Å². The van der Waals surface area contributed by atoms with Crippen LogP contribution >= 0.6 is 11.8 Å². The Balaban J connectivity index is 1.81. The average molecular weight is 251 g/mol. The Labute approximate surface area is 108 Å². The van der Waals surface area contributed by atoms with E-state index < -0.39 is 5.60 Å². The molecule has 1 aliphatic heterocycles. The number of hydrogen-bond donors (Lipinski definition) is 2. The minimum atomic E-state index is -0.446. The maximum absolute atomic E-state index is 10.4. The molecule has 0 aromatic heterocycles. The molecule has 2 nitrogen and oxygen atoms in total. The molecule has 94 valence electrons. The van der Waals surface area contributed by atoms with E-state index in [2.05, 4.69) is 36.5 Å². The van der Waals surface area contributed by atoms with E-state index in [0.717, 1.165) is 37.4 Å². The van der Waals surface area contributed by atoms with Gasteiger partial charge in [-0.25, -0.2) is 0 Å². The first-order valence-electron chi connectivity index (χ1n) is 6.25. The van der Waals surface area contributed by atoms with Gasteiger partial charge in [0.25, 0.3) is 0 Å². The fraction of sp³-hybridized carbons (Fsp3) is 0.571. The molecular weight excluding hydrogens is 230 g/mol. The van der Waals surface area contributed by atoms with E-state index in [0.29, 0.717) is 0 Å². The number of aryl methyl sites for hydroxylation is 1. The summed E-state index contributed by atoms with van der Waals surface area (Å²) in [5.41, 5.74) is 2.28. The van der Waals surface area contributed by atoms with Crippen LogP contribution < -0.4 is 5.32 Å². The van der Waals surface area contributed by atoms with Crippen molar-refractivity contribution in [1.29, 1.82) is 0 Å². The smallest absolute Gasteiger partial charge is 0.0762 e. The number of hydrogen-bond acceptors (Lipinski definition) is 3. The molecule has 0 amide bonds. The molecular formula is C14H21NOS. The van der Waals surface area contributed by atoms with Crippen molar-refractivity contribution in [2.24, 2.45) is 0 Å². The van der Waals surface area contributed by atoms with Crippen LogP contribution in [0.25, 0.3) is 0 Å². The van der Waals surface area contributed by atoms with Crippen molar-refractivity contribution in [2.45, 2.75) is 31.1 Å². The topological polar surface area (TPSA) is 32.3 Å². The summed E-state index contributed by atoms with van der Waals surface area (Å²) in [5.74, 6) is 1.85. The zero-order valence-electron chi connectivity index (χ0n) is 10.4. The first kappa shape index (κ1) is 12.9. The van der Waals surface area contributed by atoms with Crippen LogP contribution in [0.2, 0.25) is 0 Å². The highest BCUT2D eigenvalue weighted by Crippen LogP contribution is 2.25. The second-order valence-corrected chi connectivity index (χ2v) is 5.88. The molecule has 0 bridgehead atoms. The molecule has 3 heteroatoms. The van der Waals surface area contributed by atoms with E-state index in [9.17, 15) is 5.11 Å². The van der Waals surface area contributed by atoms with Crippen LogP contribution in [0.3, 0.4) is 0 Å². The van der Waals surface area contributed by atoms with E-state index in [-0.39, 0.29) is 0 Å². The van der Waals surface area contributed by atoms with Gasteiger partial charge < -0.3 is 10.4 Å². The van der Waals surface area contributed by atoms with Gasteiger partial charge in [0, 0.05) is 11.5 Å². The van der Waals surface area contributed by atoms with Gasteiger partial charge in [-0.05, 0) is 44.0 Å². The van der Waals surface area contributed by atoms with Gasteiger partial charge in [0.2, 0.25) is 0 Å². The Bertz CT molecular complexity index is 361. The van der Waals surface area contributed by atoms with Crippen LogP contribution in [-0.2, 0) is 5.75 Å². The third kappa shape index (κ3) is 3.73. The quantitative estimate of drug-likeness (QED) is 0.861. The van der Waals surface area contributed by atoms with Crippen LogP contribution in [0.4, 0.5) is 0 Å². The van der Waals surface area contributed by atoms with Gasteiger partial charge in [-0.1, -0.05) is 24.3 Å². The van der Waals surface area contributed by atoms with Crippen LogP contribution in [0.5, 0.6) is 0 Å². The average Bonchev–Trinajstić information content (AvgIpc) is 2.32. The summed E-state index contributed by atoms with van der Waals surface area (Å²) in [7, 11) is 0. The molecule has 17 heavy (non-hydrogen) atoms. The Morgan fingerprint density at radius 3 is 2.71 bits per heavy atom. The second kappa shape index (κ2) is 5.89. The molecule has 1 aromatic carbocycles. The Kier molecular flexibility index (Phi) is 4.48. The van der Waals surface area contributed by atoms with Crippen LogP contribution in [-0.4, -0.2) is 29.5 Å². The van der Waals surface area contributed by atoms with Crippen molar-refractivity contribution >= 4 is 11.8 Å². The van der Waals surface area contributed by atoms with Gasteiger partial charge in [0.05, 0.1) is 5.60 Å². The number of nitrogens with one attached hydrogen (secondary N) is 1. The SMILES string of the molecule is Cc1ccccc1CSCC1(O)CCNCC1. The van der Waals surface area contributed by atoms with Crippen molar-refractivity contribution in [3.05, 3.63) is 35.4 Å². The third-order valence-corrected chi connectivity index (χ3v) is 4.68. The molecule has 1 saturated heterocycles. The molecule has 0 atom stereocenters. The molecule has 1 aliphatic rings. The standard InChI is InChI=1S/C14H21NOS/c1-12-4-2-3-5-13(12)10-17-11-14(16)6-8-15-9-7-14/h2-5,15-16H,6-11H2,1H3. The minimum absolute atomic E-state index is 0.446. The van der Waals surface area contributed by atoms with Crippen LogP contribution in [0.15, 0.2) is 24.3 Å². The second-order valence-electron chi connectivity index (χ2n) is 4.89. The van der Waals surface area contributed by atoms with Gasteiger partial charge >= 0.3 is 0 Å².